The van der Waals surface area contributed by atoms with Crippen LogP contribution in [-0.4, -0.2) is 60.1 Å². The molecule has 13 heteroatoms. The highest BCUT2D eigenvalue weighted by molar-refractivity contribution is 7.21. The Morgan fingerprint density at radius 3 is 2.60 bits per heavy atom. The molecule has 0 spiro atoms. The second-order valence-corrected chi connectivity index (χ2v) is 11.1. The normalized spacial score (nSPS) is 14.2. The van der Waals surface area contributed by atoms with Gasteiger partial charge in [-0.2, -0.15) is 13.2 Å². The van der Waals surface area contributed by atoms with E-state index in [1.165, 1.54) is 42.7 Å². The molecule has 6 rings (SSSR count). The summed E-state index contributed by atoms with van der Waals surface area (Å²) in [5.41, 5.74) is 0.396. The molecule has 9 nitrogen and oxygen atoms in total. The van der Waals surface area contributed by atoms with E-state index in [1.54, 1.807) is 24.5 Å². The van der Waals surface area contributed by atoms with Crippen molar-refractivity contribution in [3.63, 3.8) is 0 Å². The molecule has 222 valence electrons. The maximum absolute atomic E-state index is 14.0. The van der Waals surface area contributed by atoms with Crippen molar-refractivity contribution in [3.05, 3.63) is 82.5 Å². The molecule has 0 radical (unpaired) electrons. The van der Waals surface area contributed by atoms with Crippen LogP contribution in [0.4, 0.5) is 24.5 Å². The van der Waals surface area contributed by atoms with Crippen LogP contribution in [0.25, 0.3) is 21.1 Å². The number of amides is 2. The molecule has 0 unspecified atom stereocenters. The number of pyridine rings is 1. The minimum atomic E-state index is -4.61. The number of rotatable bonds is 7. The Hall–Kier alpha value is -4.46. The molecule has 43 heavy (non-hydrogen) atoms. The van der Waals surface area contributed by atoms with E-state index in [4.69, 9.17) is 9.47 Å². The number of H-pyrrole nitrogens is 1. The van der Waals surface area contributed by atoms with Crippen LogP contribution in [0.15, 0.2) is 60.9 Å². The Bertz CT molecular complexity index is 1830. The molecule has 1 aliphatic heterocycles. The number of nitrogens with one attached hydrogen (secondary N) is 3. The summed E-state index contributed by atoms with van der Waals surface area (Å²) < 4.78 is 53.4. The summed E-state index contributed by atoms with van der Waals surface area (Å²) in [7, 11) is 1.41. The largest absolute Gasteiger partial charge is 0.497 e. The lowest BCUT2D eigenvalue weighted by atomic mass is 10.0. The fraction of sp³-hybridized carbons (Fsp3) is 0.233. The molecule has 1 aliphatic rings. The number of benzene rings is 2. The molecule has 3 aromatic heterocycles. The molecular weight excluding hydrogens is 583 g/mol. The van der Waals surface area contributed by atoms with Gasteiger partial charge in [0.25, 0.3) is 11.8 Å². The van der Waals surface area contributed by atoms with Gasteiger partial charge in [-0.3, -0.25) is 14.5 Å². The third kappa shape index (κ3) is 6.19. The summed E-state index contributed by atoms with van der Waals surface area (Å²) in [6.07, 6.45) is -1.14. The van der Waals surface area contributed by atoms with Crippen LogP contribution in [0, 0.1) is 0 Å². The van der Waals surface area contributed by atoms with Crippen LogP contribution < -0.4 is 15.4 Å². The van der Waals surface area contributed by atoms with E-state index in [1.807, 2.05) is 11.0 Å². The van der Waals surface area contributed by atoms with E-state index in [2.05, 4.69) is 20.6 Å². The molecule has 4 heterocycles. The van der Waals surface area contributed by atoms with Gasteiger partial charge in [-0.25, -0.2) is 4.98 Å². The molecule has 5 aromatic rings. The summed E-state index contributed by atoms with van der Waals surface area (Å²) in [4.78, 5) is 36.1. The predicted molar refractivity (Wildman–Crippen MR) is 158 cm³/mol. The van der Waals surface area contributed by atoms with Gasteiger partial charge in [-0.05, 0) is 42.0 Å². The van der Waals surface area contributed by atoms with Crippen molar-refractivity contribution in [2.45, 2.75) is 12.7 Å². The number of nitrogens with zero attached hydrogens (tertiary/aromatic N) is 2. The van der Waals surface area contributed by atoms with E-state index in [0.29, 0.717) is 31.2 Å². The first-order chi connectivity index (χ1) is 20.7. The average Bonchev–Trinajstić information content (AvgIpc) is 3.65. The Morgan fingerprint density at radius 2 is 1.84 bits per heavy atom. The summed E-state index contributed by atoms with van der Waals surface area (Å²) in [5.74, 6) is -0.768. The highest BCUT2D eigenvalue weighted by Crippen LogP contribution is 2.35. The van der Waals surface area contributed by atoms with Crippen molar-refractivity contribution in [1.29, 1.82) is 0 Å². The summed E-state index contributed by atoms with van der Waals surface area (Å²) in [6, 6.07) is 11.8. The van der Waals surface area contributed by atoms with Crippen molar-refractivity contribution in [2.24, 2.45) is 0 Å². The highest BCUT2D eigenvalue weighted by Gasteiger charge is 2.34. The molecule has 2 amide bonds. The van der Waals surface area contributed by atoms with Gasteiger partial charge in [0.05, 0.1) is 30.8 Å². The molecule has 2 aromatic carbocycles. The molecular formula is C30H26F3N5O4S. The Labute approximate surface area is 247 Å². The lowest BCUT2D eigenvalue weighted by molar-refractivity contribution is -0.138. The lowest BCUT2D eigenvalue weighted by Gasteiger charge is -2.27. The second-order valence-electron chi connectivity index (χ2n) is 10.0. The number of hydrogen-bond acceptors (Lipinski definition) is 7. The van der Waals surface area contributed by atoms with Gasteiger partial charge in [0.1, 0.15) is 11.4 Å². The zero-order chi connectivity index (χ0) is 30.1. The Kier molecular flexibility index (Phi) is 7.77. The van der Waals surface area contributed by atoms with Gasteiger partial charge in [-0.15, -0.1) is 11.3 Å². The fourth-order valence-corrected chi connectivity index (χ4v) is 6.03. The van der Waals surface area contributed by atoms with Gasteiger partial charge < -0.3 is 25.1 Å². The number of thiophene rings is 1. The van der Waals surface area contributed by atoms with E-state index in [9.17, 15) is 22.8 Å². The van der Waals surface area contributed by atoms with Crippen molar-refractivity contribution < 1.29 is 32.2 Å². The summed E-state index contributed by atoms with van der Waals surface area (Å²) in [6.45, 7) is 2.15. The van der Waals surface area contributed by atoms with E-state index < -0.39 is 23.6 Å². The maximum Gasteiger partial charge on any atom is 0.416 e. The number of carbonyl (C=O) groups excluding carboxylic acids is 2. The molecule has 1 fully saturated rings. The van der Waals surface area contributed by atoms with E-state index in [0.717, 1.165) is 27.2 Å². The quantitative estimate of drug-likeness (QED) is 0.205. The van der Waals surface area contributed by atoms with Gasteiger partial charge in [-0.1, -0.05) is 6.07 Å². The van der Waals surface area contributed by atoms with Crippen LogP contribution in [0.2, 0.25) is 0 Å². The highest BCUT2D eigenvalue weighted by atomic mass is 32.1. The smallest absolute Gasteiger partial charge is 0.416 e. The number of fused-ring (bicyclic) bond motifs is 3. The fourth-order valence-electron chi connectivity index (χ4n) is 4.98. The predicted octanol–water partition coefficient (Wildman–Crippen LogP) is 6.14. The summed E-state index contributed by atoms with van der Waals surface area (Å²) >= 11 is 1.31. The Morgan fingerprint density at radius 1 is 1.05 bits per heavy atom. The maximum atomic E-state index is 14.0. The molecule has 0 bridgehead atoms. The first kappa shape index (κ1) is 28.6. The van der Waals surface area contributed by atoms with Crippen molar-refractivity contribution in [1.82, 2.24) is 14.9 Å². The SMILES string of the molecule is COc1cc(NC(=O)c2cc3cnc4[nH]ccc4c3s2)cc(C(=O)Nc2ccc(CN3CCOCC3)c(C(F)(F)F)c2)c1. The lowest BCUT2D eigenvalue weighted by Crippen LogP contribution is -2.36. The summed E-state index contributed by atoms with van der Waals surface area (Å²) in [5, 5.41) is 7.07. The van der Waals surface area contributed by atoms with Gasteiger partial charge >= 0.3 is 6.18 Å². The monoisotopic (exact) mass is 609 g/mol. The third-order valence-electron chi connectivity index (χ3n) is 7.12. The Balaban J connectivity index is 1.21. The second kappa shape index (κ2) is 11.7. The first-order valence-electron chi connectivity index (χ1n) is 13.4. The number of carbonyl (C=O) groups is 2. The number of ether oxygens (including phenoxy) is 2. The number of anilines is 2. The van der Waals surface area contributed by atoms with Crippen LogP contribution in [-0.2, 0) is 17.5 Å². The van der Waals surface area contributed by atoms with Gasteiger partial charge in [0, 0.05) is 70.5 Å². The topological polar surface area (TPSA) is 109 Å². The molecule has 0 saturated carbocycles. The molecule has 3 N–H and O–H groups in total. The number of methoxy groups -OCH3 is 1. The molecule has 0 atom stereocenters. The van der Waals surface area contributed by atoms with Crippen molar-refractivity contribution in [3.8, 4) is 5.75 Å². The van der Waals surface area contributed by atoms with Crippen LogP contribution in [0.1, 0.15) is 31.2 Å². The third-order valence-corrected chi connectivity index (χ3v) is 8.30. The molecule has 0 aliphatic carbocycles. The van der Waals surface area contributed by atoms with E-state index in [-0.39, 0.29) is 34.8 Å². The van der Waals surface area contributed by atoms with Crippen molar-refractivity contribution in [2.75, 3.05) is 44.0 Å². The van der Waals surface area contributed by atoms with Gasteiger partial charge in [0.2, 0.25) is 0 Å². The van der Waals surface area contributed by atoms with E-state index >= 15 is 0 Å². The number of aromatic amines is 1. The minimum Gasteiger partial charge on any atom is -0.497 e. The van der Waals surface area contributed by atoms with Crippen LogP contribution in [0.3, 0.4) is 0 Å². The number of morpholine rings is 1. The van der Waals surface area contributed by atoms with Gasteiger partial charge in [0.15, 0.2) is 0 Å². The van der Waals surface area contributed by atoms with Crippen molar-refractivity contribution >= 4 is 55.6 Å². The average molecular weight is 610 g/mol. The number of alkyl halides is 3. The standard InChI is InChI=1S/C30H26F3N5O4S/c1-41-22-11-18(10-21(13-22)37-29(40)25-12-19-15-35-27-23(4-5-34-27)26(19)43-25)28(39)36-20-3-2-17(24(14-20)30(31,32)33)16-38-6-8-42-9-7-38/h2-5,10-15H,6-9,16H2,1H3,(H,34,35)(H,36,39)(H,37,40). The minimum absolute atomic E-state index is 0.00795. The van der Waals surface area contributed by atoms with Crippen LogP contribution in [0.5, 0.6) is 5.75 Å². The molecule has 1 saturated heterocycles. The number of hydrogen-bond donors (Lipinski definition) is 3. The zero-order valence-corrected chi connectivity index (χ0v) is 23.7. The number of aromatic nitrogens is 2. The van der Waals surface area contributed by atoms with Crippen LogP contribution >= 0.6 is 11.3 Å². The number of halogens is 3. The zero-order valence-electron chi connectivity index (χ0n) is 22.9. The first-order valence-corrected chi connectivity index (χ1v) is 14.2.